The average molecular weight is 308 g/mol. The fourth-order valence-corrected chi connectivity index (χ4v) is 3.43. The Morgan fingerprint density at radius 2 is 2.10 bits per heavy atom. The van der Waals surface area contributed by atoms with Gasteiger partial charge in [0.05, 0.1) is 10.7 Å². The topological polar surface area (TPSA) is 28.2 Å². The van der Waals surface area contributed by atoms with Crippen molar-refractivity contribution in [3.63, 3.8) is 0 Å². The quantitative estimate of drug-likeness (QED) is 0.891. The molecule has 0 aromatic carbocycles. The molecule has 0 bridgehead atoms. The zero-order valence-corrected chi connectivity index (χ0v) is 13.9. The summed E-state index contributed by atoms with van der Waals surface area (Å²) in [4.78, 5) is 7.16. The molecule has 2 aliphatic carbocycles. The summed E-state index contributed by atoms with van der Waals surface area (Å²) in [5, 5.41) is 4.28. The van der Waals surface area contributed by atoms with E-state index in [2.05, 4.69) is 30.3 Å². The molecule has 1 N–H and O–H groups in total. The van der Waals surface area contributed by atoms with Gasteiger partial charge in [-0.15, -0.1) is 0 Å². The van der Waals surface area contributed by atoms with Gasteiger partial charge in [0.1, 0.15) is 5.82 Å². The van der Waals surface area contributed by atoms with Gasteiger partial charge in [-0.1, -0.05) is 31.4 Å². The van der Waals surface area contributed by atoms with Gasteiger partial charge in [-0.2, -0.15) is 0 Å². The van der Waals surface area contributed by atoms with Gasteiger partial charge in [-0.25, -0.2) is 4.98 Å². The molecule has 116 valence electrons. The van der Waals surface area contributed by atoms with E-state index in [-0.39, 0.29) is 0 Å². The Morgan fingerprint density at radius 1 is 1.29 bits per heavy atom. The molecule has 2 aliphatic rings. The first-order valence-corrected chi connectivity index (χ1v) is 8.63. The maximum atomic E-state index is 6.29. The van der Waals surface area contributed by atoms with Crippen LogP contribution in [-0.4, -0.2) is 24.1 Å². The van der Waals surface area contributed by atoms with Crippen molar-refractivity contribution in [3.05, 3.63) is 22.8 Å². The maximum Gasteiger partial charge on any atom is 0.128 e. The van der Waals surface area contributed by atoms with E-state index in [0.29, 0.717) is 12.1 Å². The van der Waals surface area contributed by atoms with Gasteiger partial charge in [-0.05, 0) is 43.7 Å². The summed E-state index contributed by atoms with van der Waals surface area (Å²) in [6.45, 7) is 3.15. The van der Waals surface area contributed by atoms with Crippen LogP contribution in [0.1, 0.15) is 51.1 Å². The third kappa shape index (κ3) is 3.89. The van der Waals surface area contributed by atoms with Gasteiger partial charge in [0.15, 0.2) is 0 Å². The van der Waals surface area contributed by atoms with Crippen LogP contribution in [-0.2, 0) is 6.54 Å². The molecular weight excluding hydrogens is 282 g/mol. The first-order valence-electron chi connectivity index (χ1n) is 8.25. The van der Waals surface area contributed by atoms with Crippen LogP contribution in [0.3, 0.4) is 0 Å². The number of hydrogen-bond donors (Lipinski definition) is 1. The first-order chi connectivity index (χ1) is 10.1. The van der Waals surface area contributed by atoms with Gasteiger partial charge in [-0.3, -0.25) is 0 Å². The van der Waals surface area contributed by atoms with Crippen molar-refractivity contribution in [2.45, 2.75) is 64.1 Å². The van der Waals surface area contributed by atoms with Gasteiger partial charge < -0.3 is 10.2 Å². The number of aromatic nitrogens is 1. The summed E-state index contributed by atoms with van der Waals surface area (Å²) < 4.78 is 0. The Balaban J connectivity index is 1.69. The number of nitrogens with one attached hydrogen (secondary N) is 1. The third-order valence-corrected chi connectivity index (χ3v) is 5.20. The average Bonchev–Trinajstić information content (AvgIpc) is 3.30. The Morgan fingerprint density at radius 3 is 2.81 bits per heavy atom. The molecule has 0 radical (unpaired) electrons. The summed E-state index contributed by atoms with van der Waals surface area (Å²) >= 11 is 6.29. The highest BCUT2D eigenvalue weighted by Crippen LogP contribution is 2.30. The van der Waals surface area contributed by atoms with Gasteiger partial charge in [0.2, 0.25) is 0 Å². The van der Waals surface area contributed by atoms with Crippen LogP contribution in [0.5, 0.6) is 0 Å². The molecule has 0 amide bonds. The molecule has 21 heavy (non-hydrogen) atoms. The van der Waals surface area contributed by atoms with Crippen LogP contribution < -0.4 is 10.2 Å². The van der Waals surface area contributed by atoms with E-state index in [0.717, 1.165) is 29.0 Å². The van der Waals surface area contributed by atoms with E-state index in [9.17, 15) is 0 Å². The molecule has 0 spiro atoms. The van der Waals surface area contributed by atoms with Crippen LogP contribution >= 0.6 is 11.6 Å². The highest BCUT2D eigenvalue weighted by molar-refractivity contribution is 6.31. The highest BCUT2D eigenvalue weighted by atomic mass is 35.5. The zero-order chi connectivity index (χ0) is 14.8. The van der Waals surface area contributed by atoms with E-state index in [1.165, 1.54) is 38.5 Å². The van der Waals surface area contributed by atoms with Gasteiger partial charge >= 0.3 is 0 Å². The normalized spacial score (nSPS) is 25.9. The molecule has 1 aromatic rings. The van der Waals surface area contributed by atoms with Gasteiger partial charge in [0, 0.05) is 25.7 Å². The molecular formula is C17H26ClN3. The van der Waals surface area contributed by atoms with Crippen molar-refractivity contribution in [2.75, 3.05) is 11.9 Å². The Kier molecular flexibility index (Phi) is 4.70. The minimum atomic E-state index is 0.617. The fourth-order valence-electron chi connectivity index (χ4n) is 3.26. The number of pyridine rings is 1. The summed E-state index contributed by atoms with van der Waals surface area (Å²) in [5.74, 6) is 1.89. The Bertz CT molecular complexity index is 487. The van der Waals surface area contributed by atoms with Crippen molar-refractivity contribution >= 4 is 17.4 Å². The Labute approximate surface area is 133 Å². The SMILES string of the molecule is CC1CCCC(N(C)c2ccc(Cl)c(CNC3CC3)n2)C1. The predicted molar refractivity (Wildman–Crippen MR) is 88.9 cm³/mol. The monoisotopic (exact) mass is 307 g/mol. The molecule has 2 unspecified atom stereocenters. The second kappa shape index (κ2) is 6.53. The number of anilines is 1. The first kappa shape index (κ1) is 15.1. The third-order valence-electron chi connectivity index (χ3n) is 4.86. The molecule has 0 saturated heterocycles. The lowest BCUT2D eigenvalue weighted by molar-refractivity contribution is 0.335. The van der Waals surface area contributed by atoms with Crippen molar-refractivity contribution in [2.24, 2.45) is 5.92 Å². The minimum Gasteiger partial charge on any atom is -0.357 e. The maximum absolute atomic E-state index is 6.29. The smallest absolute Gasteiger partial charge is 0.128 e. The molecule has 1 heterocycles. The van der Waals surface area contributed by atoms with Crippen molar-refractivity contribution < 1.29 is 0 Å². The van der Waals surface area contributed by atoms with E-state index in [4.69, 9.17) is 16.6 Å². The minimum absolute atomic E-state index is 0.617. The molecule has 2 atom stereocenters. The zero-order valence-electron chi connectivity index (χ0n) is 13.1. The van der Waals surface area contributed by atoms with Crippen LogP contribution in [0.4, 0.5) is 5.82 Å². The van der Waals surface area contributed by atoms with E-state index >= 15 is 0 Å². The second-order valence-electron chi connectivity index (χ2n) is 6.79. The number of rotatable bonds is 5. The number of hydrogen-bond acceptors (Lipinski definition) is 3. The summed E-state index contributed by atoms with van der Waals surface area (Å²) in [7, 11) is 2.18. The molecule has 1 aromatic heterocycles. The molecule has 0 aliphatic heterocycles. The molecule has 3 rings (SSSR count). The van der Waals surface area contributed by atoms with Crippen LogP contribution in [0.2, 0.25) is 5.02 Å². The summed E-state index contributed by atoms with van der Waals surface area (Å²) in [6, 6.07) is 5.36. The van der Waals surface area contributed by atoms with Gasteiger partial charge in [0.25, 0.3) is 0 Å². The lowest BCUT2D eigenvalue weighted by Crippen LogP contribution is -2.36. The van der Waals surface area contributed by atoms with E-state index in [1.54, 1.807) is 0 Å². The Hall–Kier alpha value is -0.800. The van der Waals surface area contributed by atoms with Crippen molar-refractivity contribution in [3.8, 4) is 0 Å². The molecule has 4 heteroatoms. The van der Waals surface area contributed by atoms with Crippen LogP contribution in [0, 0.1) is 5.92 Å². The molecule has 3 nitrogen and oxygen atoms in total. The largest absolute Gasteiger partial charge is 0.357 e. The van der Waals surface area contributed by atoms with E-state index < -0.39 is 0 Å². The fraction of sp³-hybridized carbons (Fsp3) is 0.706. The summed E-state index contributed by atoms with van der Waals surface area (Å²) in [6.07, 6.45) is 7.83. The lowest BCUT2D eigenvalue weighted by atomic mass is 9.86. The number of nitrogens with zero attached hydrogens (tertiary/aromatic N) is 2. The van der Waals surface area contributed by atoms with Crippen molar-refractivity contribution in [1.82, 2.24) is 10.3 Å². The highest BCUT2D eigenvalue weighted by Gasteiger charge is 2.24. The lowest BCUT2D eigenvalue weighted by Gasteiger charge is -2.35. The van der Waals surface area contributed by atoms with Crippen LogP contribution in [0.25, 0.3) is 0 Å². The molecule has 2 fully saturated rings. The van der Waals surface area contributed by atoms with E-state index in [1.807, 2.05) is 6.07 Å². The molecule has 2 saturated carbocycles. The summed E-state index contributed by atoms with van der Waals surface area (Å²) in [5.41, 5.74) is 0.983. The van der Waals surface area contributed by atoms with Crippen LogP contribution in [0.15, 0.2) is 12.1 Å². The number of halogens is 1. The second-order valence-corrected chi connectivity index (χ2v) is 7.20. The predicted octanol–water partition coefficient (Wildman–Crippen LogP) is 4.00. The van der Waals surface area contributed by atoms with Crippen molar-refractivity contribution in [1.29, 1.82) is 0 Å². The standard InChI is InChI=1S/C17H26ClN3/c1-12-4-3-5-14(10-12)21(2)17-9-8-15(18)16(20-17)11-19-13-6-7-13/h8-9,12-14,19H,3-7,10-11H2,1-2H3.